The molecule has 2 heterocycles. The Morgan fingerprint density at radius 1 is 1.12 bits per heavy atom. The Hall–Kier alpha value is -1.53. The number of nitrogens with zero attached hydrogens (tertiary/aromatic N) is 2. The lowest BCUT2D eigenvalue weighted by molar-refractivity contribution is -0.144. The van der Waals surface area contributed by atoms with Gasteiger partial charge in [0.2, 0.25) is 0 Å². The molecule has 1 N–H and O–H groups in total. The van der Waals surface area contributed by atoms with Gasteiger partial charge in [0.15, 0.2) is 0 Å². The second-order valence-electron chi connectivity index (χ2n) is 6.90. The fourth-order valence-corrected chi connectivity index (χ4v) is 4.56. The molecule has 0 spiro atoms. The van der Waals surface area contributed by atoms with Gasteiger partial charge in [-0.1, -0.05) is 12.1 Å². The lowest BCUT2D eigenvalue weighted by Crippen LogP contribution is -2.50. The van der Waals surface area contributed by atoms with E-state index >= 15 is 0 Å². The highest BCUT2D eigenvalue weighted by atomic mass is 32.2. The minimum absolute atomic E-state index is 0.116. The number of carboxylic acid groups (broad SMARTS) is 1. The SMILES string of the molecule is CSc1ccccc1C(=O)N1CCC(N2CCC[C@H](C(=O)O)C2)CC1. The maximum atomic E-state index is 12.8. The van der Waals surface area contributed by atoms with Crippen molar-refractivity contribution in [3.05, 3.63) is 29.8 Å². The average molecular weight is 362 g/mol. The van der Waals surface area contributed by atoms with Crippen molar-refractivity contribution in [2.24, 2.45) is 5.92 Å². The summed E-state index contributed by atoms with van der Waals surface area (Å²) in [5.74, 6) is -0.793. The van der Waals surface area contributed by atoms with Crippen molar-refractivity contribution in [1.29, 1.82) is 0 Å². The molecule has 1 amide bonds. The summed E-state index contributed by atoms with van der Waals surface area (Å²) < 4.78 is 0. The summed E-state index contributed by atoms with van der Waals surface area (Å²) in [6, 6.07) is 8.18. The van der Waals surface area contributed by atoms with Gasteiger partial charge < -0.3 is 10.0 Å². The van der Waals surface area contributed by atoms with Crippen LogP contribution in [0.4, 0.5) is 0 Å². The number of likely N-dealkylation sites (tertiary alicyclic amines) is 2. The standard InChI is InChI=1S/C19H26N2O3S/c1-25-17-7-3-2-6-16(17)18(22)20-11-8-15(9-12-20)21-10-4-5-14(13-21)19(23)24/h2-3,6-7,14-15H,4-5,8-13H2,1H3,(H,23,24)/t14-/m0/s1. The molecule has 2 aliphatic heterocycles. The highest BCUT2D eigenvalue weighted by Gasteiger charge is 2.32. The predicted octanol–water partition coefficient (Wildman–Crippen LogP) is 2.81. The number of rotatable bonds is 4. The van der Waals surface area contributed by atoms with Crippen LogP contribution in [0.15, 0.2) is 29.2 Å². The topological polar surface area (TPSA) is 60.9 Å². The largest absolute Gasteiger partial charge is 0.481 e. The molecule has 2 fully saturated rings. The number of hydrogen-bond donors (Lipinski definition) is 1. The molecular weight excluding hydrogens is 336 g/mol. The van der Waals surface area contributed by atoms with E-state index in [1.165, 1.54) is 0 Å². The number of piperidine rings is 2. The van der Waals surface area contributed by atoms with E-state index in [1.54, 1.807) is 11.8 Å². The van der Waals surface area contributed by atoms with Crippen molar-refractivity contribution in [3.8, 4) is 0 Å². The number of benzene rings is 1. The van der Waals surface area contributed by atoms with E-state index in [2.05, 4.69) is 4.90 Å². The molecule has 0 aliphatic carbocycles. The molecule has 1 aromatic rings. The van der Waals surface area contributed by atoms with Crippen LogP contribution in [0.5, 0.6) is 0 Å². The van der Waals surface area contributed by atoms with Crippen molar-refractivity contribution in [3.63, 3.8) is 0 Å². The van der Waals surface area contributed by atoms with E-state index in [-0.39, 0.29) is 11.8 Å². The first-order valence-electron chi connectivity index (χ1n) is 8.99. The Labute approximate surface area is 153 Å². The summed E-state index contributed by atoms with van der Waals surface area (Å²) >= 11 is 1.60. The lowest BCUT2D eigenvalue weighted by Gasteiger charge is -2.41. The van der Waals surface area contributed by atoms with Gasteiger partial charge in [-0.05, 0) is 50.6 Å². The van der Waals surface area contributed by atoms with Crippen molar-refractivity contribution >= 4 is 23.6 Å². The van der Waals surface area contributed by atoms with Crippen LogP contribution in [-0.2, 0) is 4.79 Å². The molecule has 6 heteroatoms. The molecule has 2 saturated heterocycles. The van der Waals surface area contributed by atoms with E-state index in [1.807, 2.05) is 35.4 Å². The van der Waals surface area contributed by atoms with E-state index in [4.69, 9.17) is 0 Å². The van der Waals surface area contributed by atoms with Crippen LogP contribution in [-0.4, -0.2) is 65.3 Å². The molecular formula is C19H26N2O3S. The van der Waals surface area contributed by atoms with Gasteiger partial charge in [-0.3, -0.25) is 14.5 Å². The number of thioether (sulfide) groups is 1. The van der Waals surface area contributed by atoms with Gasteiger partial charge in [0.1, 0.15) is 0 Å². The normalized spacial score (nSPS) is 22.8. The molecule has 0 bridgehead atoms. The Kier molecular flexibility index (Phi) is 6.02. The van der Waals surface area contributed by atoms with Crippen LogP contribution in [0.25, 0.3) is 0 Å². The van der Waals surface area contributed by atoms with Gasteiger partial charge in [-0.2, -0.15) is 0 Å². The minimum atomic E-state index is -0.675. The van der Waals surface area contributed by atoms with Gasteiger partial charge >= 0.3 is 5.97 Å². The number of amides is 1. The third kappa shape index (κ3) is 4.18. The Morgan fingerprint density at radius 3 is 2.52 bits per heavy atom. The molecule has 0 saturated carbocycles. The van der Waals surface area contributed by atoms with Crippen LogP contribution >= 0.6 is 11.8 Å². The van der Waals surface area contributed by atoms with Crippen LogP contribution in [0.1, 0.15) is 36.0 Å². The molecule has 0 aromatic heterocycles. The first-order valence-corrected chi connectivity index (χ1v) is 10.2. The third-order valence-electron chi connectivity index (χ3n) is 5.41. The molecule has 1 aromatic carbocycles. The number of carbonyl (C=O) groups is 2. The van der Waals surface area contributed by atoms with Crippen LogP contribution in [0, 0.1) is 5.92 Å². The number of carboxylic acids is 1. The molecule has 0 radical (unpaired) electrons. The summed E-state index contributed by atoms with van der Waals surface area (Å²) in [5.41, 5.74) is 0.789. The third-order valence-corrected chi connectivity index (χ3v) is 6.20. The van der Waals surface area contributed by atoms with Gasteiger partial charge in [0.25, 0.3) is 5.91 Å². The van der Waals surface area contributed by atoms with Crippen molar-refractivity contribution < 1.29 is 14.7 Å². The van der Waals surface area contributed by atoms with Crippen molar-refractivity contribution in [2.75, 3.05) is 32.4 Å². The summed E-state index contributed by atoms with van der Waals surface area (Å²) in [6.07, 6.45) is 5.60. The smallest absolute Gasteiger partial charge is 0.307 e. The average Bonchev–Trinajstić information content (AvgIpc) is 2.67. The fraction of sp³-hybridized carbons (Fsp3) is 0.579. The van der Waals surface area contributed by atoms with E-state index < -0.39 is 5.97 Å². The molecule has 25 heavy (non-hydrogen) atoms. The predicted molar refractivity (Wildman–Crippen MR) is 99.1 cm³/mol. The first kappa shape index (κ1) is 18.3. The molecule has 5 nitrogen and oxygen atoms in total. The zero-order valence-electron chi connectivity index (χ0n) is 14.7. The van der Waals surface area contributed by atoms with Gasteiger partial charge in [-0.25, -0.2) is 0 Å². The zero-order valence-corrected chi connectivity index (χ0v) is 15.5. The maximum absolute atomic E-state index is 12.8. The monoisotopic (exact) mass is 362 g/mol. The second-order valence-corrected chi connectivity index (χ2v) is 7.74. The Balaban J connectivity index is 1.58. The molecule has 136 valence electrons. The number of aliphatic carboxylic acids is 1. The van der Waals surface area contributed by atoms with Crippen LogP contribution in [0.3, 0.4) is 0 Å². The molecule has 1 atom stereocenters. The van der Waals surface area contributed by atoms with Gasteiger partial charge in [-0.15, -0.1) is 11.8 Å². The molecule has 2 aliphatic rings. The van der Waals surface area contributed by atoms with Gasteiger partial charge in [0.05, 0.1) is 11.5 Å². The summed E-state index contributed by atoms with van der Waals surface area (Å²) in [5, 5.41) is 9.26. The lowest BCUT2D eigenvalue weighted by atomic mass is 9.94. The number of hydrogen-bond acceptors (Lipinski definition) is 4. The van der Waals surface area contributed by atoms with Gasteiger partial charge in [0, 0.05) is 30.6 Å². The highest BCUT2D eigenvalue weighted by Crippen LogP contribution is 2.26. The molecule has 0 unspecified atom stereocenters. The van der Waals surface area contributed by atoms with Crippen LogP contribution in [0.2, 0.25) is 0 Å². The quantitative estimate of drug-likeness (QED) is 0.835. The Bertz CT molecular complexity index is 629. The second kappa shape index (κ2) is 8.23. The van der Waals surface area contributed by atoms with E-state index in [0.717, 1.165) is 55.8 Å². The first-order chi connectivity index (χ1) is 12.1. The van der Waals surface area contributed by atoms with E-state index in [9.17, 15) is 14.7 Å². The zero-order chi connectivity index (χ0) is 17.8. The van der Waals surface area contributed by atoms with Crippen LogP contribution < -0.4 is 0 Å². The molecule has 3 rings (SSSR count). The summed E-state index contributed by atoms with van der Waals surface area (Å²) in [7, 11) is 0. The fourth-order valence-electron chi connectivity index (χ4n) is 3.97. The maximum Gasteiger partial charge on any atom is 0.307 e. The number of carbonyl (C=O) groups excluding carboxylic acids is 1. The van der Waals surface area contributed by atoms with E-state index in [0.29, 0.717) is 12.6 Å². The minimum Gasteiger partial charge on any atom is -0.481 e. The highest BCUT2D eigenvalue weighted by molar-refractivity contribution is 7.98. The van der Waals surface area contributed by atoms with Crippen molar-refractivity contribution in [2.45, 2.75) is 36.6 Å². The summed E-state index contributed by atoms with van der Waals surface area (Å²) in [4.78, 5) is 29.4. The van der Waals surface area contributed by atoms with Crippen molar-refractivity contribution in [1.82, 2.24) is 9.80 Å². The Morgan fingerprint density at radius 2 is 1.84 bits per heavy atom. The summed E-state index contributed by atoms with van der Waals surface area (Å²) in [6.45, 7) is 3.14.